The molecule has 27 heavy (non-hydrogen) atoms. The zero-order chi connectivity index (χ0) is 19.3. The topological polar surface area (TPSA) is 85.6 Å². The Labute approximate surface area is 161 Å². The predicted octanol–water partition coefficient (Wildman–Crippen LogP) is 1.66. The molecule has 0 spiro atoms. The molecule has 0 aliphatic heterocycles. The Morgan fingerprint density at radius 2 is 1.78 bits per heavy atom. The van der Waals surface area contributed by atoms with E-state index in [1.165, 1.54) is 0 Å². The molecule has 1 heterocycles. The second-order valence-electron chi connectivity index (χ2n) is 6.10. The molecule has 1 aromatic heterocycles. The maximum atomic E-state index is 5.71. The number of aliphatic imine (C=N–C) groups is 1. The normalized spacial score (nSPS) is 11.4. The van der Waals surface area contributed by atoms with Gasteiger partial charge in [-0.2, -0.15) is 0 Å². The van der Waals surface area contributed by atoms with Crippen molar-refractivity contribution < 1.29 is 9.47 Å². The molecule has 0 amide bonds. The van der Waals surface area contributed by atoms with Crippen molar-refractivity contribution in [1.82, 2.24) is 25.4 Å². The van der Waals surface area contributed by atoms with Crippen molar-refractivity contribution in [3.8, 4) is 5.75 Å². The molecule has 0 aliphatic rings. The molecular weight excluding hydrogens is 344 g/mol. The first-order valence-electron chi connectivity index (χ1n) is 9.24. The second kappa shape index (κ2) is 11.9. The van der Waals surface area contributed by atoms with Gasteiger partial charge in [-0.15, -0.1) is 10.2 Å². The van der Waals surface area contributed by atoms with Gasteiger partial charge in [0.1, 0.15) is 18.1 Å². The van der Waals surface area contributed by atoms with Crippen LogP contribution in [0.2, 0.25) is 0 Å². The highest BCUT2D eigenvalue weighted by Crippen LogP contribution is 2.08. The van der Waals surface area contributed by atoms with Crippen LogP contribution in [0.4, 0.5) is 0 Å². The van der Waals surface area contributed by atoms with E-state index in [1.54, 1.807) is 7.11 Å². The molecule has 2 rings (SSSR count). The summed E-state index contributed by atoms with van der Waals surface area (Å²) in [5.74, 6) is 3.35. The van der Waals surface area contributed by atoms with Crippen molar-refractivity contribution in [1.29, 1.82) is 0 Å². The SMILES string of the molecule is COCCCNC(=NCc1nnc(C)n1C)NCCCOc1ccccc1. The minimum atomic E-state index is 0.470. The highest BCUT2D eigenvalue weighted by molar-refractivity contribution is 5.79. The average Bonchev–Trinajstić information content (AvgIpc) is 3.01. The number of guanidine groups is 1. The standard InChI is InChI=1S/C19H30N6O2/c1-16-23-24-18(25(16)2)15-22-19(20-11-7-13-26-3)21-12-8-14-27-17-9-5-4-6-10-17/h4-6,9-10H,7-8,11-15H2,1-3H3,(H2,20,21,22). The number of nitrogens with one attached hydrogen (secondary N) is 2. The Balaban J connectivity index is 1.78. The lowest BCUT2D eigenvalue weighted by molar-refractivity contribution is 0.195. The molecule has 0 atom stereocenters. The van der Waals surface area contributed by atoms with Gasteiger partial charge < -0.3 is 24.7 Å². The summed E-state index contributed by atoms with van der Waals surface area (Å²) < 4.78 is 12.7. The molecule has 8 nitrogen and oxygen atoms in total. The number of nitrogens with zero attached hydrogens (tertiary/aromatic N) is 4. The second-order valence-corrected chi connectivity index (χ2v) is 6.10. The van der Waals surface area contributed by atoms with Crippen LogP contribution in [0.5, 0.6) is 5.75 Å². The number of aromatic nitrogens is 3. The summed E-state index contributed by atoms with van der Waals surface area (Å²) in [6.07, 6.45) is 1.79. The van der Waals surface area contributed by atoms with Crippen LogP contribution in [0, 0.1) is 6.92 Å². The number of hydrogen-bond donors (Lipinski definition) is 2. The van der Waals surface area contributed by atoms with Crippen molar-refractivity contribution in [2.24, 2.45) is 12.0 Å². The number of para-hydroxylation sites is 1. The van der Waals surface area contributed by atoms with Crippen LogP contribution in [0.1, 0.15) is 24.5 Å². The zero-order valence-electron chi connectivity index (χ0n) is 16.4. The summed E-state index contributed by atoms with van der Waals surface area (Å²) in [6.45, 7) is 5.32. The quantitative estimate of drug-likeness (QED) is 0.353. The third kappa shape index (κ3) is 7.65. The molecular formula is C19H30N6O2. The Hall–Kier alpha value is -2.61. The molecule has 0 aliphatic carbocycles. The van der Waals surface area contributed by atoms with Gasteiger partial charge in [-0.05, 0) is 31.9 Å². The number of ether oxygens (including phenoxy) is 2. The van der Waals surface area contributed by atoms with Crippen molar-refractivity contribution >= 4 is 5.96 Å². The van der Waals surface area contributed by atoms with Crippen molar-refractivity contribution in [2.75, 3.05) is 33.4 Å². The molecule has 8 heteroatoms. The zero-order valence-corrected chi connectivity index (χ0v) is 16.4. The number of aryl methyl sites for hydroxylation is 1. The van der Waals surface area contributed by atoms with Gasteiger partial charge in [-0.3, -0.25) is 0 Å². The molecule has 0 saturated carbocycles. The first-order valence-corrected chi connectivity index (χ1v) is 9.24. The van der Waals surface area contributed by atoms with E-state index in [2.05, 4.69) is 25.8 Å². The van der Waals surface area contributed by atoms with Gasteiger partial charge >= 0.3 is 0 Å². The lowest BCUT2D eigenvalue weighted by atomic mass is 10.3. The van der Waals surface area contributed by atoms with Gasteiger partial charge in [-0.1, -0.05) is 18.2 Å². The summed E-state index contributed by atoms with van der Waals surface area (Å²) in [4.78, 5) is 4.61. The summed E-state index contributed by atoms with van der Waals surface area (Å²) in [6, 6.07) is 9.83. The van der Waals surface area contributed by atoms with E-state index in [1.807, 2.05) is 48.9 Å². The fraction of sp³-hybridized carbons (Fsp3) is 0.526. The van der Waals surface area contributed by atoms with Gasteiger partial charge in [0.15, 0.2) is 11.8 Å². The van der Waals surface area contributed by atoms with E-state index < -0.39 is 0 Å². The molecule has 0 saturated heterocycles. The van der Waals surface area contributed by atoms with E-state index >= 15 is 0 Å². The molecule has 0 unspecified atom stereocenters. The fourth-order valence-electron chi connectivity index (χ4n) is 2.32. The van der Waals surface area contributed by atoms with Gasteiger partial charge in [-0.25, -0.2) is 4.99 Å². The Morgan fingerprint density at radius 1 is 1.07 bits per heavy atom. The highest BCUT2D eigenvalue weighted by Gasteiger charge is 2.05. The van der Waals surface area contributed by atoms with Gasteiger partial charge in [0, 0.05) is 33.9 Å². The fourth-order valence-corrected chi connectivity index (χ4v) is 2.32. The molecule has 1 aromatic carbocycles. The average molecular weight is 374 g/mol. The molecule has 0 radical (unpaired) electrons. The largest absolute Gasteiger partial charge is 0.494 e. The van der Waals surface area contributed by atoms with Gasteiger partial charge in [0.2, 0.25) is 0 Å². The van der Waals surface area contributed by atoms with Crippen LogP contribution in [0.3, 0.4) is 0 Å². The summed E-state index contributed by atoms with van der Waals surface area (Å²) in [7, 11) is 3.65. The van der Waals surface area contributed by atoms with Crippen molar-refractivity contribution in [3.63, 3.8) is 0 Å². The molecule has 2 N–H and O–H groups in total. The predicted molar refractivity (Wildman–Crippen MR) is 106 cm³/mol. The number of methoxy groups -OCH3 is 1. The molecule has 0 bridgehead atoms. The van der Waals surface area contributed by atoms with Gasteiger partial charge in [0.25, 0.3) is 0 Å². The third-order valence-electron chi connectivity index (χ3n) is 4.00. The van der Waals surface area contributed by atoms with Crippen LogP contribution in [0.15, 0.2) is 35.3 Å². The lowest BCUT2D eigenvalue weighted by Gasteiger charge is -2.13. The van der Waals surface area contributed by atoms with E-state index in [0.717, 1.165) is 49.3 Å². The number of hydrogen-bond acceptors (Lipinski definition) is 5. The maximum Gasteiger partial charge on any atom is 0.191 e. The van der Waals surface area contributed by atoms with Crippen LogP contribution in [0.25, 0.3) is 0 Å². The summed E-state index contributed by atoms with van der Waals surface area (Å²) in [5, 5.41) is 14.9. The highest BCUT2D eigenvalue weighted by atomic mass is 16.5. The van der Waals surface area contributed by atoms with Crippen molar-refractivity contribution in [2.45, 2.75) is 26.3 Å². The Bertz CT molecular complexity index is 687. The van der Waals surface area contributed by atoms with E-state index in [9.17, 15) is 0 Å². The van der Waals surface area contributed by atoms with E-state index in [0.29, 0.717) is 19.8 Å². The summed E-state index contributed by atoms with van der Waals surface area (Å²) >= 11 is 0. The lowest BCUT2D eigenvalue weighted by Crippen LogP contribution is -2.39. The first-order chi connectivity index (χ1) is 13.2. The minimum absolute atomic E-state index is 0.470. The van der Waals surface area contributed by atoms with E-state index in [-0.39, 0.29) is 0 Å². The van der Waals surface area contributed by atoms with Crippen LogP contribution >= 0.6 is 0 Å². The molecule has 2 aromatic rings. The smallest absolute Gasteiger partial charge is 0.191 e. The third-order valence-corrected chi connectivity index (χ3v) is 4.00. The molecule has 0 fully saturated rings. The number of benzene rings is 1. The van der Waals surface area contributed by atoms with Crippen LogP contribution < -0.4 is 15.4 Å². The van der Waals surface area contributed by atoms with Crippen LogP contribution in [-0.2, 0) is 18.3 Å². The number of rotatable bonds is 11. The van der Waals surface area contributed by atoms with Crippen molar-refractivity contribution in [3.05, 3.63) is 42.0 Å². The van der Waals surface area contributed by atoms with E-state index in [4.69, 9.17) is 9.47 Å². The monoisotopic (exact) mass is 374 g/mol. The Kier molecular flexibility index (Phi) is 9.12. The van der Waals surface area contributed by atoms with Crippen LogP contribution in [-0.4, -0.2) is 54.1 Å². The minimum Gasteiger partial charge on any atom is -0.494 e. The summed E-state index contributed by atoms with van der Waals surface area (Å²) in [5.41, 5.74) is 0. The first kappa shape index (κ1) is 20.7. The van der Waals surface area contributed by atoms with Gasteiger partial charge in [0.05, 0.1) is 6.61 Å². The Morgan fingerprint density at radius 3 is 2.41 bits per heavy atom. The molecule has 148 valence electrons. The maximum absolute atomic E-state index is 5.71.